The van der Waals surface area contributed by atoms with Gasteiger partial charge in [-0.1, -0.05) is 40.2 Å². The van der Waals surface area contributed by atoms with E-state index in [1.807, 2.05) is 36.4 Å². The van der Waals surface area contributed by atoms with Crippen molar-refractivity contribution in [3.63, 3.8) is 0 Å². The molecule has 104 valence electrons. The van der Waals surface area contributed by atoms with E-state index in [0.717, 1.165) is 20.9 Å². The Morgan fingerprint density at radius 3 is 2.45 bits per heavy atom. The van der Waals surface area contributed by atoms with Crippen LogP contribution in [0.3, 0.4) is 0 Å². The normalized spacial score (nSPS) is 10.3. The van der Waals surface area contributed by atoms with Crippen LogP contribution in [0.4, 0.5) is 5.69 Å². The van der Waals surface area contributed by atoms with E-state index in [0.29, 0.717) is 0 Å². The number of carbonyl (C=O) groups is 2. The molecule has 5 heteroatoms. The van der Waals surface area contributed by atoms with Gasteiger partial charge >= 0.3 is 0 Å². The lowest BCUT2D eigenvalue weighted by Crippen LogP contribution is -2.33. The van der Waals surface area contributed by atoms with Crippen LogP contribution in [0.15, 0.2) is 40.9 Å². The number of nitrogens with zero attached hydrogens (tertiary/aromatic N) is 1. The van der Waals surface area contributed by atoms with Crippen LogP contribution in [-0.4, -0.2) is 30.3 Å². The summed E-state index contributed by atoms with van der Waals surface area (Å²) in [5, 5.41) is 4.84. The third-order valence-corrected chi connectivity index (χ3v) is 3.75. The average Bonchev–Trinajstić information content (AvgIpc) is 2.42. The van der Waals surface area contributed by atoms with Crippen LogP contribution in [0.2, 0.25) is 0 Å². The summed E-state index contributed by atoms with van der Waals surface area (Å²) in [5.41, 5.74) is 0.741. The summed E-state index contributed by atoms with van der Waals surface area (Å²) in [6.45, 7) is 1.47. The molecular weight excluding hydrogens is 320 g/mol. The van der Waals surface area contributed by atoms with Crippen molar-refractivity contribution in [3.8, 4) is 0 Å². The van der Waals surface area contributed by atoms with Crippen molar-refractivity contribution in [1.29, 1.82) is 0 Å². The zero-order valence-electron chi connectivity index (χ0n) is 11.3. The number of rotatable bonds is 3. The fourth-order valence-corrected chi connectivity index (χ4v) is 2.37. The van der Waals surface area contributed by atoms with Crippen molar-refractivity contribution in [1.82, 2.24) is 4.90 Å². The molecule has 1 N–H and O–H groups in total. The van der Waals surface area contributed by atoms with E-state index in [-0.39, 0.29) is 18.4 Å². The number of benzene rings is 2. The summed E-state index contributed by atoms with van der Waals surface area (Å²) in [5.74, 6) is -0.351. The highest BCUT2D eigenvalue weighted by Gasteiger charge is 2.11. The van der Waals surface area contributed by atoms with Gasteiger partial charge in [-0.25, -0.2) is 0 Å². The van der Waals surface area contributed by atoms with E-state index in [4.69, 9.17) is 0 Å². The zero-order valence-corrected chi connectivity index (χ0v) is 12.9. The van der Waals surface area contributed by atoms with Crippen molar-refractivity contribution < 1.29 is 9.59 Å². The van der Waals surface area contributed by atoms with Gasteiger partial charge < -0.3 is 10.2 Å². The molecule has 0 heterocycles. The van der Waals surface area contributed by atoms with Crippen LogP contribution in [0.25, 0.3) is 10.8 Å². The smallest absolute Gasteiger partial charge is 0.243 e. The number of fused-ring (bicyclic) bond motifs is 1. The lowest BCUT2D eigenvalue weighted by molar-refractivity contribution is -0.131. The third kappa shape index (κ3) is 3.17. The number of halogens is 1. The molecule has 0 saturated heterocycles. The number of carbonyl (C=O) groups excluding carboxylic acids is 2. The second kappa shape index (κ2) is 6.05. The molecule has 0 aliphatic carbocycles. The quantitative estimate of drug-likeness (QED) is 0.937. The van der Waals surface area contributed by atoms with Crippen LogP contribution in [0.5, 0.6) is 0 Å². The summed E-state index contributed by atoms with van der Waals surface area (Å²) < 4.78 is 0.979. The fraction of sp³-hybridized carbons (Fsp3) is 0.200. The minimum absolute atomic E-state index is 0.0414. The van der Waals surface area contributed by atoms with E-state index in [2.05, 4.69) is 21.2 Å². The highest BCUT2D eigenvalue weighted by atomic mass is 79.9. The Hall–Kier alpha value is -1.88. The molecule has 2 amide bonds. The number of amides is 2. The van der Waals surface area contributed by atoms with Gasteiger partial charge in [0, 0.05) is 29.5 Å². The third-order valence-electron chi connectivity index (χ3n) is 3.06. The van der Waals surface area contributed by atoms with Crippen LogP contribution in [0, 0.1) is 0 Å². The first-order chi connectivity index (χ1) is 9.49. The molecule has 0 spiro atoms. The molecule has 2 rings (SSSR count). The average molecular weight is 335 g/mol. The number of likely N-dealkylation sites (N-methyl/N-ethyl adjacent to an activating group) is 1. The van der Waals surface area contributed by atoms with Gasteiger partial charge in [0.05, 0.1) is 6.54 Å². The van der Waals surface area contributed by atoms with Gasteiger partial charge in [-0.2, -0.15) is 0 Å². The van der Waals surface area contributed by atoms with Crippen molar-refractivity contribution in [3.05, 3.63) is 40.9 Å². The molecule has 0 aromatic heterocycles. The van der Waals surface area contributed by atoms with E-state index in [1.165, 1.54) is 11.8 Å². The first kappa shape index (κ1) is 14.5. The molecular formula is C15H15BrN2O2. The molecule has 0 aliphatic rings. The minimum atomic E-state index is -0.213. The standard InChI is InChI=1S/C15H15BrN2O2/c1-10(19)18(2)9-15(20)17-14-8-7-13(16)11-5-3-4-6-12(11)14/h3-8H,9H2,1-2H3,(H,17,20). The maximum atomic E-state index is 11.9. The lowest BCUT2D eigenvalue weighted by atomic mass is 10.1. The van der Waals surface area contributed by atoms with Crippen LogP contribution in [-0.2, 0) is 9.59 Å². The molecule has 4 nitrogen and oxygen atoms in total. The summed E-state index contributed by atoms with van der Waals surface area (Å²) in [6, 6.07) is 11.5. The van der Waals surface area contributed by atoms with Crippen molar-refractivity contribution in [2.24, 2.45) is 0 Å². The minimum Gasteiger partial charge on any atom is -0.337 e. The molecule has 20 heavy (non-hydrogen) atoms. The number of nitrogens with one attached hydrogen (secondary N) is 1. The highest BCUT2D eigenvalue weighted by molar-refractivity contribution is 9.10. The van der Waals surface area contributed by atoms with Crippen LogP contribution >= 0.6 is 15.9 Å². The maximum absolute atomic E-state index is 11.9. The molecule has 0 atom stereocenters. The Kier molecular flexibility index (Phi) is 4.39. The van der Waals surface area contributed by atoms with Crippen molar-refractivity contribution in [2.45, 2.75) is 6.92 Å². The number of hydrogen-bond donors (Lipinski definition) is 1. The number of hydrogen-bond acceptors (Lipinski definition) is 2. The molecule has 0 bridgehead atoms. The molecule has 0 radical (unpaired) electrons. The molecule has 0 aliphatic heterocycles. The Morgan fingerprint density at radius 1 is 1.15 bits per heavy atom. The van der Waals surface area contributed by atoms with Gasteiger partial charge in [-0.05, 0) is 17.5 Å². The molecule has 2 aromatic carbocycles. The summed E-state index contributed by atoms with van der Waals surface area (Å²) in [7, 11) is 1.60. The van der Waals surface area contributed by atoms with Gasteiger partial charge in [0.25, 0.3) is 0 Å². The Bertz CT molecular complexity index is 670. The monoisotopic (exact) mass is 334 g/mol. The van der Waals surface area contributed by atoms with Gasteiger partial charge in [-0.15, -0.1) is 0 Å². The molecule has 0 fully saturated rings. The Labute approximate surface area is 125 Å². The zero-order chi connectivity index (χ0) is 14.7. The molecule has 0 saturated carbocycles. The fourth-order valence-electron chi connectivity index (χ4n) is 1.89. The van der Waals surface area contributed by atoms with Gasteiger partial charge in [-0.3, -0.25) is 9.59 Å². The van der Waals surface area contributed by atoms with Crippen LogP contribution in [0.1, 0.15) is 6.92 Å². The van der Waals surface area contributed by atoms with Gasteiger partial charge in [0.15, 0.2) is 0 Å². The first-order valence-corrected chi connectivity index (χ1v) is 6.97. The van der Waals surface area contributed by atoms with Crippen molar-refractivity contribution >= 4 is 44.2 Å². The van der Waals surface area contributed by atoms with Crippen LogP contribution < -0.4 is 5.32 Å². The van der Waals surface area contributed by atoms with E-state index >= 15 is 0 Å². The topological polar surface area (TPSA) is 49.4 Å². The summed E-state index contributed by atoms with van der Waals surface area (Å²) in [4.78, 5) is 24.4. The summed E-state index contributed by atoms with van der Waals surface area (Å²) >= 11 is 3.49. The largest absolute Gasteiger partial charge is 0.337 e. The van der Waals surface area contributed by atoms with Gasteiger partial charge in [0.1, 0.15) is 0 Å². The lowest BCUT2D eigenvalue weighted by Gasteiger charge is -2.15. The SMILES string of the molecule is CC(=O)N(C)CC(=O)Nc1ccc(Br)c2ccccc12. The predicted molar refractivity (Wildman–Crippen MR) is 83.6 cm³/mol. The second-order valence-electron chi connectivity index (χ2n) is 4.56. The summed E-state index contributed by atoms with van der Waals surface area (Å²) in [6.07, 6.45) is 0. The maximum Gasteiger partial charge on any atom is 0.243 e. The molecule has 0 unspecified atom stereocenters. The highest BCUT2D eigenvalue weighted by Crippen LogP contribution is 2.29. The number of anilines is 1. The Balaban J connectivity index is 2.24. The van der Waals surface area contributed by atoms with E-state index in [1.54, 1.807) is 7.05 Å². The Morgan fingerprint density at radius 2 is 1.80 bits per heavy atom. The van der Waals surface area contributed by atoms with E-state index in [9.17, 15) is 9.59 Å². The second-order valence-corrected chi connectivity index (χ2v) is 5.42. The molecule has 2 aromatic rings. The van der Waals surface area contributed by atoms with Gasteiger partial charge in [0.2, 0.25) is 11.8 Å². The van der Waals surface area contributed by atoms with E-state index < -0.39 is 0 Å². The van der Waals surface area contributed by atoms with Crippen molar-refractivity contribution in [2.75, 3.05) is 18.9 Å². The predicted octanol–water partition coefficient (Wildman–Crippen LogP) is 3.02. The first-order valence-electron chi connectivity index (χ1n) is 6.18.